The van der Waals surface area contributed by atoms with Gasteiger partial charge in [0.25, 0.3) is 0 Å². The van der Waals surface area contributed by atoms with Crippen molar-refractivity contribution >= 4 is 35.7 Å². The SMILES string of the molecule is COC(=O)CNC(=O)CC[C@@H](C)[C@H]1CC[C@H]2[C@@H]3CC[C@@H]4CC5(CC[C@]4(C)[C@H]3C[C@H](OC(C)=O)[C@]12C)OOC1(CC[C@@]2(C)[C@H](CC[C@@H]3[C@@H]2C[C@H](OC(C)=O)[C@]2(C)[C@@H]([C@H](C)CCC(=O)NCC(=O)OC)CC[C@@H]32)C1)OO5. The first-order chi connectivity index (χ1) is 35.0. The first-order valence-electron chi connectivity index (χ1n) is 28.8. The number of rotatable bonds is 14. The van der Waals surface area contributed by atoms with Crippen molar-refractivity contribution in [2.24, 2.45) is 92.7 Å². The van der Waals surface area contributed by atoms with E-state index in [9.17, 15) is 28.8 Å². The minimum Gasteiger partial charge on any atom is -0.468 e. The van der Waals surface area contributed by atoms with Crippen molar-refractivity contribution in [2.45, 2.75) is 208 Å². The summed E-state index contributed by atoms with van der Waals surface area (Å²) in [5, 5.41) is 5.37. The van der Waals surface area contributed by atoms with E-state index in [2.05, 4.69) is 61.6 Å². The van der Waals surface area contributed by atoms with Crippen molar-refractivity contribution < 1.29 is 67.3 Å². The van der Waals surface area contributed by atoms with Crippen LogP contribution in [0.2, 0.25) is 0 Å². The molecule has 0 aromatic heterocycles. The zero-order valence-electron chi connectivity index (χ0n) is 46.4. The molecule has 0 unspecified atom stereocenters. The zero-order chi connectivity index (χ0) is 53.2. The number of carbonyl (C=O) groups is 6. The van der Waals surface area contributed by atoms with Crippen LogP contribution in [-0.2, 0) is 67.3 Å². The molecule has 9 fully saturated rings. The van der Waals surface area contributed by atoms with Crippen molar-refractivity contribution in [2.75, 3.05) is 27.3 Å². The third kappa shape index (κ3) is 9.85. The second-order valence-electron chi connectivity index (χ2n) is 26.4. The second kappa shape index (κ2) is 21.1. The first-order valence-corrected chi connectivity index (χ1v) is 28.8. The van der Waals surface area contributed by atoms with E-state index in [1.807, 2.05) is 0 Å². The van der Waals surface area contributed by atoms with Gasteiger partial charge in [0.2, 0.25) is 23.4 Å². The smallest absolute Gasteiger partial charge is 0.325 e. The summed E-state index contributed by atoms with van der Waals surface area (Å²) in [7, 11) is 2.62. The second-order valence-corrected chi connectivity index (χ2v) is 26.4. The summed E-state index contributed by atoms with van der Waals surface area (Å²) in [4.78, 5) is 101. The van der Waals surface area contributed by atoms with Crippen molar-refractivity contribution in [3.63, 3.8) is 0 Å². The number of hydrogen-bond acceptors (Lipinski definition) is 14. The third-order valence-electron chi connectivity index (χ3n) is 23.3. The molecule has 9 aliphatic rings. The molecule has 1 saturated heterocycles. The van der Waals surface area contributed by atoms with Crippen LogP contribution in [0.4, 0.5) is 0 Å². The average molecular weight is 1040 g/mol. The van der Waals surface area contributed by atoms with Gasteiger partial charge < -0.3 is 29.6 Å². The van der Waals surface area contributed by atoms with Crippen LogP contribution in [0, 0.1) is 92.7 Å². The number of hydrogen-bond donors (Lipinski definition) is 2. The Labute approximate surface area is 439 Å². The van der Waals surface area contributed by atoms with Crippen LogP contribution in [0.15, 0.2) is 0 Å². The van der Waals surface area contributed by atoms with E-state index in [4.69, 9.17) is 29.0 Å². The number of esters is 4. The van der Waals surface area contributed by atoms with Crippen LogP contribution in [0.3, 0.4) is 0 Å². The number of nitrogens with one attached hydrogen (secondary N) is 2. The lowest BCUT2D eigenvalue weighted by atomic mass is 9.43. The Bertz CT molecular complexity index is 1980. The van der Waals surface area contributed by atoms with Gasteiger partial charge in [-0.25, -0.2) is 0 Å². The lowest BCUT2D eigenvalue weighted by Crippen LogP contribution is -2.63. The van der Waals surface area contributed by atoms with Gasteiger partial charge in [-0.2, -0.15) is 19.6 Å². The molecule has 74 heavy (non-hydrogen) atoms. The molecule has 2 amide bonds. The fourth-order valence-corrected chi connectivity index (χ4v) is 19.4. The lowest BCUT2D eigenvalue weighted by Gasteiger charge is -2.64. The fourth-order valence-electron chi connectivity index (χ4n) is 19.4. The molecule has 8 aliphatic carbocycles. The van der Waals surface area contributed by atoms with E-state index in [0.29, 0.717) is 111 Å². The van der Waals surface area contributed by atoms with Gasteiger partial charge in [0.1, 0.15) is 25.3 Å². The van der Waals surface area contributed by atoms with E-state index in [1.165, 1.54) is 28.1 Å². The minimum atomic E-state index is -0.996. The predicted molar refractivity (Wildman–Crippen MR) is 269 cm³/mol. The van der Waals surface area contributed by atoms with Gasteiger partial charge >= 0.3 is 23.9 Å². The summed E-state index contributed by atoms with van der Waals surface area (Å²) < 4.78 is 22.2. The van der Waals surface area contributed by atoms with Crippen LogP contribution < -0.4 is 10.6 Å². The van der Waals surface area contributed by atoms with Crippen molar-refractivity contribution in [1.29, 1.82) is 0 Å². The summed E-state index contributed by atoms with van der Waals surface area (Å²) in [5.41, 5.74) is -0.426. The van der Waals surface area contributed by atoms with Gasteiger partial charge in [-0.05, 0) is 172 Å². The van der Waals surface area contributed by atoms with Gasteiger partial charge in [-0.15, -0.1) is 0 Å². The molecule has 18 atom stereocenters. The molecule has 9 rings (SSSR count). The molecule has 0 aromatic rings. The number of methoxy groups -OCH3 is 2. The standard InChI is InChI=1S/C58H90N2O14/c1-33(11-21-49(63)59-31-51(65)67-9)41-17-19-43-39-15-13-37-29-57(25-23-53(37,5)45(39)27-47(55(41,43)7)69-35(3)61)71-73-58(74-72-57)26-24-54(6)38(30-58)14-16-40-44-20-18-42(34(2)12-22-50(64)60-32-52(66)68-10)56(44,8)48(28-46(40)54)70-36(4)62/h33-34,37-48H,11-32H2,1-10H3,(H,59,63)(H,60,64)/t33-,34-,37-,38-,39+,40+,41-,42-,43+,44+,45+,46+,47+,48+,53+,54+,55-,56-,57?,58?/m1/s1. The largest absolute Gasteiger partial charge is 0.468 e. The van der Waals surface area contributed by atoms with E-state index >= 15 is 0 Å². The first kappa shape index (κ1) is 55.4. The maximum atomic E-state index is 12.9. The number of ether oxygens (including phenoxy) is 4. The topological polar surface area (TPSA) is 200 Å². The van der Waals surface area contributed by atoms with Crippen molar-refractivity contribution in [3.05, 3.63) is 0 Å². The highest BCUT2D eigenvalue weighted by Gasteiger charge is 2.69. The predicted octanol–water partition coefficient (Wildman–Crippen LogP) is 9.10. The van der Waals surface area contributed by atoms with Gasteiger partial charge in [0, 0.05) is 63.2 Å². The Morgan fingerprint density at radius 2 is 0.905 bits per heavy atom. The summed E-state index contributed by atoms with van der Waals surface area (Å²) in [6.45, 7) is 16.9. The molecule has 2 spiro atoms. The van der Waals surface area contributed by atoms with Crippen molar-refractivity contribution in [3.8, 4) is 0 Å². The number of fused-ring (bicyclic) bond motifs is 10. The highest BCUT2D eigenvalue weighted by atomic mass is 17.4. The van der Waals surface area contributed by atoms with Gasteiger partial charge in [0.05, 0.1) is 14.2 Å². The molecule has 1 heterocycles. The van der Waals surface area contributed by atoms with Crippen LogP contribution in [0.1, 0.15) is 184 Å². The quantitative estimate of drug-likeness (QED) is 0.0948. The molecule has 8 saturated carbocycles. The molecule has 2 N–H and O–H groups in total. The fraction of sp³-hybridized carbons (Fsp3) is 0.897. The van der Waals surface area contributed by atoms with E-state index in [1.54, 1.807) is 0 Å². The van der Waals surface area contributed by atoms with E-state index in [0.717, 1.165) is 77.0 Å². The molecule has 1 aliphatic heterocycles. The van der Waals surface area contributed by atoms with E-state index < -0.39 is 23.5 Å². The summed E-state index contributed by atoms with van der Waals surface area (Å²) >= 11 is 0. The maximum Gasteiger partial charge on any atom is 0.325 e. The van der Waals surface area contributed by atoms with Gasteiger partial charge in [0.15, 0.2) is 0 Å². The normalized spacial score (nSPS) is 44.7. The van der Waals surface area contributed by atoms with E-state index in [-0.39, 0.29) is 82.5 Å². The zero-order valence-corrected chi connectivity index (χ0v) is 46.4. The number of amides is 2. The molecule has 0 radical (unpaired) electrons. The molecule has 16 heteroatoms. The van der Waals surface area contributed by atoms with Crippen LogP contribution in [-0.4, -0.2) is 86.8 Å². The molecule has 0 aromatic carbocycles. The Kier molecular flexibility index (Phi) is 15.8. The average Bonchev–Trinajstić information content (AvgIpc) is 3.93. The van der Waals surface area contributed by atoms with Gasteiger partial charge in [-0.3, -0.25) is 28.8 Å². The van der Waals surface area contributed by atoms with Crippen LogP contribution in [0.25, 0.3) is 0 Å². The van der Waals surface area contributed by atoms with Crippen LogP contribution in [0.5, 0.6) is 0 Å². The Morgan fingerprint density at radius 3 is 1.26 bits per heavy atom. The Hall–Kier alpha value is -3.34. The third-order valence-corrected chi connectivity index (χ3v) is 23.3. The summed E-state index contributed by atoms with van der Waals surface area (Å²) in [6, 6.07) is 0. The van der Waals surface area contributed by atoms with Crippen molar-refractivity contribution in [1.82, 2.24) is 10.6 Å². The minimum absolute atomic E-state index is 0.0107. The summed E-state index contributed by atoms with van der Waals surface area (Å²) in [5.74, 6) is 0.545. The molecule has 0 bridgehead atoms. The van der Waals surface area contributed by atoms with Gasteiger partial charge in [-0.1, -0.05) is 41.5 Å². The molecule has 416 valence electrons. The maximum absolute atomic E-state index is 12.9. The highest BCUT2D eigenvalue weighted by molar-refractivity contribution is 5.82. The molecular formula is C58H90N2O14. The lowest BCUT2D eigenvalue weighted by molar-refractivity contribution is -0.667. The Balaban J connectivity index is 0.824. The molecular weight excluding hydrogens is 949 g/mol. The Morgan fingerprint density at radius 1 is 0.527 bits per heavy atom. The summed E-state index contributed by atoms with van der Waals surface area (Å²) in [6.07, 6.45) is 16.2. The highest BCUT2D eigenvalue weighted by Crippen LogP contribution is 2.72. The monoisotopic (exact) mass is 1040 g/mol. The molecule has 16 nitrogen and oxygen atoms in total. The number of carbonyl (C=O) groups excluding carboxylic acids is 6. The van der Waals surface area contributed by atoms with Crippen LogP contribution >= 0.6 is 0 Å².